The second-order valence-corrected chi connectivity index (χ2v) is 7.90. The molecule has 1 atom stereocenters. The first-order valence-corrected chi connectivity index (χ1v) is 9.37. The minimum Gasteiger partial charge on any atom is -0.471 e. The minimum absolute atomic E-state index is 0.130. The van der Waals surface area contributed by atoms with Crippen molar-refractivity contribution in [3.63, 3.8) is 0 Å². The van der Waals surface area contributed by atoms with Gasteiger partial charge in [0.05, 0.1) is 6.54 Å². The summed E-state index contributed by atoms with van der Waals surface area (Å²) < 4.78 is 14.3. The van der Waals surface area contributed by atoms with Crippen LogP contribution in [0.25, 0.3) is 11.2 Å². The van der Waals surface area contributed by atoms with E-state index < -0.39 is 5.60 Å². The first kappa shape index (κ1) is 18.2. The SMILES string of the molecule is CCn1c(I)nc2c(O[C@H]3CCN(C(=O)OC(C)(C)C)C3)ncnc21. The van der Waals surface area contributed by atoms with Gasteiger partial charge < -0.3 is 18.9 Å². The predicted molar refractivity (Wildman–Crippen MR) is 101 cm³/mol. The Hall–Kier alpha value is -1.65. The molecule has 136 valence electrons. The lowest BCUT2D eigenvalue weighted by molar-refractivity contribution is 0.0275. The Kier molecular flexibility index (Phi) is 5.03. The second kappa shape index (κ2) is 6.93. The van der Waals surface area contributed by atoms with Gasteiger partial charge in [-0.15, -0.1) is 0 Å². The number of halogens is 1. The van der Waals surface area contributed by atoms with Gasteiger partial charge >= 0.3 is 6.09 Å². The van der Waals surface area contributed by atoms with Crippen LogP contribution in [0.1, 0.15) is 34.1 Å². The maximum atomic E-state index is 12.2. The fourth-order valence-corrected chi connectivity index (χ4v) is 3.54. The zero-order chi connectivity index (χ0) is 18.2. The third kappa shape index (κ3) is 3.96. The van der Waals surface area contributed by atoms with E-state index in [-0.39, 0.29) is 12.2 Å². The van der Waals surface area contributed by atoms with Crippen LogP contribution in [-0.2, 0) is 11.3 Å². The Morgan fingerprint density at radius 3 is 2.84 bits per heavy atom. The number of amides is 1. The van der Waals surface area contributed by atoms with E-state index in [9.17, 15) is 4.79 Å². The molecular weight excluding hydrogens is 437 g/mol. The summed E-state index contributed by atoms with van der Waals surface area (Å²) in [7, 11) is 0. The zero-order valence-electron chi connectivity index (χ0n) is 14.8. The quantitative estimate of drug-likeness (QED) is 0.519. The van der Waals surface area contributed by atoms with Crippen LogP contribution >= 0.6 is 22.6 Å². The van der Waals surface area contributed by atoms with Gasteiger partial charge in [0.2, 0.25) is 5.88 Å². The monoisotopic (exact) mass is 459 g/mol. The Balaban J connectivity index is 1.72. The highest BCUT2D eigenvalue weighted by atomic mass is 127. The number of rotatable bonds is 3. The molecule has 9 heteroatoms. The molecule has 3 heterocycles. The van der Waals surface area contributed by atoms with Crippen LogP contribution in [0.2, 0.25) is 0 Å². The Morgan fingerprint density at radius 1 is 1.40 bits per heavy atom. The Labute approximate surface area is 160 Å². The van der Waals surface area contributed by atoms with E-state index in [0.29, 0.717) is 24.5 Å². The summed E-state index contributed by atoms with van der Waals surface area (Å²) in [6.45, 7) is 9.48. The zero-order valence-corrected chi connectivity index (χ0v) is 17.0. The van der Waals surface area contributed by atoms with E-state index in [0.717, 1.165) is 22.4 Å². The van der Waals surface area contributed by atoms with E-state index in [1.807, 2.05) is 32.3 Å². The summed E-state index contributed by atoms with van der Waals surface area (Å²) in [4.78, 5) is 26.9. The number of fused-ring (bicyclic) bond motifs is 1. The van der Waals surface area contributed by atoms with Crippen molar-refractivity contribution in [3.05, 3.63) is 10.2 Å². The van der Waals surface area contributed by atoms with Gasteiger partial charge in [-0.3, -0.25) is 0 Å². The molecule has 3 rings (SSSR count). The molecule has 0 saturated carbocycles. The largest absolute Gasteiger partial charge is 0.471 e. The number of nitrogens with zero attached hydrogens (tertiary/aromatic N) is 5. The molecule has 2 aromatic rings. The van der Waals surface area contributed by atoms with Crippen LogP contribution in [0.4, 0.5) is 4.79 Å². The molecular formula is C16H22IN5O3. The summed E-state index contributed by atoms with van der Waals surface area (Å²) in [6.07, 6.45) is 1.78. The van der Waals surface area contributed by atoms with Crippen molar-refractivity contribution in [1.82, 2.24) is 24.4 Å². The maximum absolute atomic E-state index is 12.2. The number of aryl methyl sites for hydroxylation is 1. The highest BCUT2D eigenvalue weighted by molar-refractivity contribution is 14.1. The van der Waals surface area contributed by atoms with E-state index in [4.69, 9.17) is 9.47 Å². The third-order valence-electron chi connectivity index (χ3n) is 3.84. The van der Waals surface area contributed by atoms with Crippen LogP contribution in [0, 0.1) is 3.83 Å². The van der Waals surface area contributed by atoms with Crippen molar-refractivity contribution >= 4 is 39.8 Å². The number of likely N-dealkylation sites (tertiary alicyclic amines) is 1. The summed E-state index contributed by atoms with van der Waals surface area (Å²) in [6, 6.07) is 0. The highest BCUT2D eigenvalue weighted by Gasteiger charge is 2.31. The van der Waals surface area contributed by atoms with Crippen LogP contribution < -0.4 is 4.74 Å². The molecule has 1 aliphatic heterocycles. The van der Waals surface area contributed by atoms with Crippen LogP contribution in [0.15, 0.2) is 6.33 Å². The van der Waals surface area contributed by atoms with Crippen LogP contribution in [-0.4, -0.2) is 55.3 Å². The number of carbonyl (C=O) groups excluding carboxylic acids is 1. The normalized spacial score (nSPS) is 18.0. The highest BCUT2D eigenvalue weighted by Crippen LogP contribution is 2.26. The van der Waals surface area contributed by atoms with Gasteiger partial charge in [-0.2, -0.15) is 4.98 Å². The summed E-state index contributed by atoms with van der Waals surface area (Å²) >= 11 is 2.18. The van der Waals surface area contributed by atoms with Crippen molar-refractivity contribution in [2.24, 2.45) is 0 Å². The summed E-state index contributed by atoms with van der Waals surface area (Å²) in [5, 5.41) is 0. The summed E-state index contributed by atoms with van der Waals surface area (Å²) in [5.41, 5.74) is 0.918. The lowest BCUT2D eigenvalue weighted by Gasteiger charge is -2.24. The number of hydrogen-bond acceptors (Lipinski definition) is 6. The molecule has 0 unspecified atom stereocenters. The van der Waals surface area contributed by atoms with E-state index in [1.165, 1.54) is 6.33 Å². The van der Waals surface area contributed by atoms with Gasteiger partial charge in [0.15, 0.2) is 15.0 Å². The first-order valence-electron chi connectivity index (χ1n) is 8.30. The lowest BCUT2D eigenvalue weighted by atomic mass is 10.2. The number of ether oxygens (including phenoxy) is 2. The van der Waals surface area contributed by atoms with Crippen molar-refractivity contribution < 1.29 is 14.3 Å². The smallest absolute Gasteiger partial charge is 0.410 e. The standard InChI is InChI=1S/C16H22IN5O3/c1-5-22-12-11(20-14(22)17)13(19-9-18-12)24-10-6-7-21(8-10)15(23)25-16(2,3)4/h9-10H,5-8H2,1-4H3/t10-/m0/s1. The molecule has 1 fully saturated rings. The fraction of sp³-hybridized carbons (Fsp3) is 0.625. The lowest BCUT2D eigenvalue weighted by Crippen LogP contribution is -2.36. The van der Waals surface area contributed by atoms with Gasteiger partial charge in [0.25, 0.3) is 0 Å². The number of imidazole rings is 1. The predicted octanol–water partition coefficient (Wildman–Crippen LogP) is 2.84. The molecule has 0 aliphatic carbocycles. The molecule has 8 nitrogen and oxygen atoms in total. The molecule has 1 saturated heterocycles. The van der Waals surface area contributed by atoms with E-state index in [2.05, 4.69) is 37.5 Å². The van der Waals surface area contributed by atoms with Gasteiger partial charge in [0, 0.05) is 42.1 Å². The Bertz CT molecular complexity index is 786. The molecule has 0 radical (unpaired) electrons. The van der Waals surface area contributed by atoms with E-state index >= 15 is 0 Å². The fourth-order valence-electron chi connectivity index (χ4n) is 2.73. The molecule has 1 amide bonds. The number of hydrogen-bond donors (Lipinski definition) is 0. The van der Waals surface area contributed by atoms with Crippen molar-refractivity contribution in [2.75, 3.05) is 13.1 Å². The minimum atomic E-state index is -0.501. The van der Waals surface area contributed by atoms with Gasteiger partial charge in [-0.1, -0.05) is 0 Å². The van der Waals surface area contributed by atoms with Gasteiger partial charge in [0.1, 0.15) is 18.0 Å². The summed E-state index contributed by atoms with van der Waals surface area (Å²) in [5.74, 6) is 0.464. The van der Waals surface area contributed by atoms with Gasteiger partial charge in [-0.25, -0.2) is 14.8 Å². The maximum Gasteiger partial charge on any atom is 0.410 e. The second-order valence-electron chi connectivity index (χ2n) is 6.93. The number of carbonyl (C=O) groups is 1. The third-order valence-corrected chi connectivity index (χ3v) is 4.67. The van der Waals surface area contributed by atoms with E-state index in [1.54, 1.807) is 4.90 Å². The van der Waals surface area contributed by atoms with Gasteiger partial charge in [-0.05, 0) is 27.7 Å². The van der Waals surface area contributed by atoms with Crippen molar-refractivity contribution in [1.29, 1.82) is 0 Å². The Morgan fingerprint density at radius 2 is 2.16 bits per heavy atom. The molecule has 25 heavy (non-hydrogen) atoms. The molecule has 0 bridgehead atoms. The first-order chi connectivity index (χ1) is 11.8. The average Bonchev–Trinajstić information content (AvgIpc) is 3.10. The molecule has 0 spiro atoms. The molecule has 0 N–H and O–H groups in total. The van der Waals surface area contributed by atoms with Crippen molar-refractivity contribution in [3.8, 4) is 5.88 Å². The molecule has 1 aliphatic rings. The topological polar surface area (TPSA) is 82.4 Å². The van der Waals surface area contributed by atoms with Crippen LogP contribution in [0.3, 0.4) is 0 Å². The number of aromatic nitrogens is 4. The van der Waals surface area contributed by atoms with Crippen molar-refractivity contribution in [2.45, 2.75) is 52.4 Å². The van der Waals surface area contributed by atoms with Crippen LogP contribution in [0.5, 0.6) is 5.88 Å². The average molecular weight is 459 g/mol. The molecule has 2 aromatic heterocycles. The molecule has 0 aromatic carbocycles.